The lowest BCUT2D eigenvalue weighted by Crippen LogP contribution is -2.35. The van der Waals surface area contributed by atoms with Gasteiger partial charge in [0, 0.05) is 30.1 Å². The summed E-state index contributed by atoms with van der Waals surface area (Å²) in [6.45, 7) is 7.07. The number of H-pyrrole nitrogens is 1. The van der Waals surface area contributed by atoms with E-state index in [1.165, 1.54) is 38.9 Å². The minimum Gasteiger partial charge on any atom is -0.355 e. The van der Waals surface area contributed by atoms with E-state index < -0.39 is 6.43 Å². The number of nitrogens with one attached hydrogen (secondary N) is 2. The van der Waals surface area contributed by atoms with Gasteiger partial charge in [-0.2, -0.15) is 0 Å². The maximum Gasteiger partial charge on any atom is 0.250 e. The van der Waals surface area contributed by atoms with E-state index in [2.05, 4.69) is 108 Å². The Kier molecular flexibility index (Phi) is 7.32. The van der Waals surface area contributed by atoms with Gasteiger partial charge in [0.05, 0.1) is 35.6 Å². The van der Waals surface area contributed by atoms with Crippen LogP contribution in [-0.2, 0) is 6.42 Å². The molecule has 0 bridgehead atoms. The molecule has 3 aromatic carbocycles. The van der Waals surface area contributed by atoms with Crippen LogP contribution >= 0.6 is 0 Å². The van der Waals surface area contributed by atoms with Gasteiger partial charge in [-0.15, -0.1) is 0 Å². The van der Waals surface area contributed by atoms with E-state index in [1.807, 2.05) is 0 Å². The average Bonchev–Trinajstić information content (AvgIpc) is 3.58. The van der Waals surface area contributed by atoms with E-state index in [1.54, 1.807) is 0 Å². The summed E-state index contributed by atoms with van der Waals surface area (Å²) in [6.07, 6.45) is 5.45. The molecule has 0 saturated heterocycles. The molecular formula is C33H37F2N5. The maximum atomic E-state index is 12.7. The summed E-state index contributed by atoms with van der Waals surface area (Å²) >= 11 is 0. The Labute approximate surface area is 234 Å². The van der Waals surface area contributed by atoms with Crippen molar-refractivity contribution in [1.82, 2.24) is 20.2 Å². The first-order valence-electron chi connectivity index (χ1n) is 14.3. The average molecular weight is 542 g/mol. The molecule has 1 unspecified atom stereocenters. The van der Waals surface area contributed by atoms with Crippen molar-refractivity contribution in [1.29, 1.82) is 0 Å². The highest BCUT2D eigenvalue weighted by atomic mass is 19.3. The van der Waals surface area contributed by atoms with Crippen LogP contribution < -0.4 is 10.2 Å². The van der Waals surface area contributed by atoms with Crippen molar-refractivity contribution >= 4 is 27.5 Å². The third-order valence-corrected chi connectivity index (χ3v) is 8.25. The molecule has 0 radical (unpaired) electrons. The van der Waals surface area contributed by atoms with Gasteiger partial charge in [-0.3, -0.25) is 0 Å². The smallest absolute Gasteiger partial charge is 0.250 e. The van der Waals surface area contributed by atoms with Gasteiger partial charge < -0.3 is 20.1 Å². The van der Waals surface area contributed by atoms with Crippen molar-refractivity contribution in [2.75, 3.05) is 18.1 Å². The zero-order valence-corrected chi connectivity index (χ0v) is 23.4. The molecule has 0 spiro atoms. The normalized spacial score (nSPS) is 17.9. The van der Waals surface area contributed by atoms with Gasteiger partial charge >= 0.3 is 0 Å². The van der Waals surface area contributed by atoms with Crippen LogP contribution in [0, 0.1) is 6.92 Å². The number of alkyl halides is 2. The van der Waals surface area contributed by atoms with E-state index in [0.29, 0.717) is 6.04 Å². The zero-order valence-electron chi connectivity index (χ0n) is 23.4. The molecule has 7 heteroatoms. The van der Waals surface area contributed by atoms with Gasteiger partial charge in [-0.1, -0.05) is 48.5 Å². The maximum absolute atomic E-state index is 12.7. The molecule has 2 aliphatic rings. The molecule has 40 heavy (non-hydrogen) atoms. The summed E-state index contributed by atoms with van der Waals surface area (Å²) in [4.78, 5) is 13.2. The van der Waals surface area contributed by atoms with E-state index in [0.717, 1.165) is 49.2 Å². The lowest BCUT2D eigenvalue weighted by molar-refractivity contribution is 0.140. The summed E-state index contributed by atoms with van der Waals surface area (Å²) in [6, 6.07) is 19.9. The number of imidazole rings is 1. The van der Waals surface area contributed by atoms with E-state index in [9.17, 15) is 8.78 Å². The molecule has 2 heterocycles. The van der Waals surface area contributed by atoms with Crippen LogP contribution in [0.25, 0.3) is 21.8 Å². The number of rotatable bonds is 8. The van der Waals surface area contributed by atoms with Crippen LogP contribution in [0.2, 0.25) is 0 Å². The number of hydrogen-bond donors (Lipinski definition) is 2. The van der Waals surface area contributed by atoms with Crippen LogP contribution in [0.15, 0.2) is 78.1 Å². The number of anilines is 1. The highest BCUT2D eigenvalue weighted by molar-refractivity contribution is 5.97. The number of hydrogen-bond acceptors (Lipinski definition) is 4. The topological polar surface area (TPSA) is 47.2 Å². The van der Waals surface area contributed by atoms with Crippen molar-refractivity contribution in [2.45, 2.75) is 65.0 Å². The minimum absolute atomic E-state index is 0.108. The third kappa shape index (κ3) is 5.22. The Bertz CT molecular complexity index is 1580. The van der Waals surface area contributed by atoms with Gasteiger partial charge in [-0.25, -0.2) is 13.8 Å². The first-order valence-corrected chi connectivity index (χ1v) is 14.3. The molecule has 0 fully saturated rings. The number of halogens is 2. The Morgan fingerprint density at radius 3 is 2.60 bits per heavy atom. The molecule has 6 rings (SSSR count). The predicted molar refractivity (Wildman–Crippen MR) is 160 cm³/mol. The molecule has 2 N–H and O–H groups in total. The fourth-order valence-electron chi connectivity index (χ4n) is 6.02. The summed E-state index contributed by atoms with van der Waals surface area (Å²) in [7, 11) is 0. The SMILES string of the molecule is Cc1cccc2[nH]c(Cc3ccc(N4CN(C(C)C)C=C4C4=CCC(NCC(F)F)CC4)c4ccccc34)nc12. The Hall–Kier alpha value is -3.71. The molecule has 0 saturated carbocycles. The van der Waals surface area contributed by atoms with Crippen LogP contribution in [-0.4, -0.2) is 46.6 Å². The molecule has 1 aliphatic heterocycles. The Morgan fingerprint density at radius 2 is 1.88 bits per heavy atom. The number of allylic oxidation sites excluding steroid dienone is 1. The number of aromatic amines is 1. The van der Waals surface area contributed by atoms with Crippen molar-refractivity contribution < 1.29 is 8.78 Å². The standard InChI is InChI=1S/C33H37F2N5/c1-21(2)39-19-30(23-11-14-25(15-12-23)36-18-31(34)35)40(20-39)29-16-13-24(26-8-4-5-9-27(26)29)17-32-37-28-10-6-7-22(3)33(28)38-32/h4-11,13,16,19,21,25,31,36H,12,14-15,17-18,20H2,1-3H3,(H,37,38). The van der Waals surface area contributed by atoms with Crippen LogP contribution in [0.3, 0.4) is 0 Å². The highest BCUT2D eigenvalue weighted by Crippen LogP contribution is 2.39. The highest BCUT2D eigenvalue weighted by Gasteiger charge is 2.29. The fraction of sp³-hybridized carbons (Fsp3) is 0.364. The first-order chi connectivity index (χ1) is 19.4. The summed E-state index contributed by atoms with van der Waals surface area (Å²) in [5.74, 6) is 0.970. The lowest BCUT2D eigenvalue weighted by Gasteiger charge is -2.30. The molecule has 5 nitrogen and oxygen atoms in total. The first kappa shape index (κ1) is 26.5. The quantitative estimate of drug-likeness (QED) is 0.246. The number of aryl methyl sites for hydroxylation is 1. The second-order valence-electron chi connectivity index (χ2n) is 11.3. The van der Waals surface area contributed by atoms with Crippen LogP contribution in [0.1, 0.15) is 50.1 Å². The summed E-state index contributed by atoms with van der Waals surface area (Å²) < 4.78 is 25.4. The summed E-state index contributed by atoms with van der Waals surface area (Å²) in [5.41, 5.74) is 8.22. The monoisotopic (exact) mass is 541 g/mol. The van der Waals surface area contributed by atoms with Crippen LogP contribution in [0.5, 0.6) is 0 Å². The number of para-hydroxylation sites is 1. The fourth-order valence-corrected chi connectivity index (χ4v) is 6.02. The van der Waals surface area contributed by atoms with Crippen molar-refractivity contribution in [3.63, 3.8) is 0 Å². The molecule has 1 atom stereocenters. The van der Waals surface area contributed by atoms with Crippen LogP contribution in [0.4, 0.5) is 14.5 Å². The van der Waals surface area contributed by atoms with E-state index in [-0.39, 0.29) is 12.6 Å². The Balaban J connectivity index is 1.32. The van der Waals surface area contributed by atoms with Gasteiger partial charge in [0.15, 0.2) is 0 Å². The second kappa shape index (κ2) is 11.0. The molecule has 208 valence electrons. The van der Waals surface area contributed by atoms with Crippen molar-refractivity contribution in [2.24, 2.45) is 0 Å². The number of aromatic nitrogens is 2. The zero-order chi connectivity index (χ0) is 27.8. The van der Waals surface area contributed by atoms with Gasteiger partial charge in [0.1, 0.15) is 5.82 Å². The molecular weight excluding hydrogens is 504 g/mol. The van der Waals surface area contributed by atoms with E-state index in [4.69, 9.17) is 4.98 Å². The lowest BCUT2D eigenvalue weighted by atomic mass is 9.92. The molecule has 0 amide bonds. The molecule has 4 aromatic rings. The number of benzene rings is 3. The largest absolute Gasteiger partial charge is 0.355 e. The Morgan fingerprint density at radius 1 is 1.05 bits per heavy atom. The predicted octanol–water partition coefficient (Wildman–Crippen LogP) is 7.28. The summed E-state index contributed by atoms with van der Waals surface area (Å²) in [5, 5.41) is 5.47. The minimum atomic E-state index is -2.31. The third-order valence-electron chi connectivity index (χ3n) is 8.25. The van der Waals surface area contributed by atoms with Gasteiger partial charge in [-0.05, 0) is 74.3 Å². The van der Waals surface area contributed by atoms with E-state index >= 15 is 0 Å². The molecule has 1 aromatic heterocycles. The number of nitrogens with zero attached hydrogens (tertiary/aromatic N) is 3. The second-order valence-corrected chi connectivity index (χ2v) is 11.3. The van der Waals surface area contributed by atoms with Gasteiger partial charge in [0.25, 0.3) is 6.43 Å². The number of fused-ring (bicyclic) bond motifs is 2. The molecule has 1 aliphatic carbocycles. The van der Waals surface area contributed by atoms with Crippen molar-refractivity contribution in [3.8, 4) is 0 Å². The van der Waals surface area contributed by atoms with Crippen molar-refractivity contribution in [3.05, 3.63) is 95.1 Å². The van der Waals surface area contributed by atoms with Gasteiger partial charge in [0.2, 0.25) is 0 Å².